The van der Waals surface area contributed by atoms with Crippen LogP contribution in [0.4, 0.5) is 5.69 Å². The van der Waals surface area contributed by atoms with E-state index in [1.807, 2.05) is 31.2 Å². The van der Waals surface area contributed by atoms with Crippen molar-refractivity contribution in [3.8, 4) is 5.75 Å². The van der Waals surface area contributed by atoms with Gasteiger partial charge in [0.15, 0.2) is 0 Å². The molecule has 0 radical (unpaired) electrons. The second-order valence-corrected chi connectivity index (χ2v) is 5.04. The number of nitrogens with one attached hydrogen (secondary N) is 1. The Morgan fingerprint density at radius 2 is 2.21 bits per heavy atom. The number of hydrogen-bond donors (Lipinski definition) is 1. The Kier molecular flexibility index (Phi) is 4.38. The molecule has 4 heteroatoms. The molecule has 1 aromatic carbocycles. The Morgan fingerprint density at radius 3 is 2.84 bits per heavy atom. The van der Waals surface area contributed by atoms with Crippen molar-refractivity contribution >= 4 is 17.3 Å². The third-order valence-electron chi connectivity index (χ3n) is 2.97. The van der Waals surface area contributed by atoms with Gasteiger partial charge in [-0.1, -0.05) is 11.6 Å². The zero-order valence-corrected chi connectivity index (χ0v) is 12.1. The molecule has 0 spiro atoms. The lowest BCUT2D eigenvalue weighted by molar-refractivity contribution is 0.415. The minimum Gasteiger partial charge on any atom is -0.495 e. The fraction of sp³-hybridized carbons (Fsp3) is 0.333. The summed E-state index contributed by atoms with van der Waals surface area (Å²) in [6, 6.07) is 7.94. The predicted molar refractivity (Wildman–Crippen MR) is 78.2 cm³/mol. The van der Waals surface area contributed by atoms with Crippen molar-refractivity contribution in [3.05, 3.63) is 46.9 Å². The van der Waals surface area contributed by atoms with E-state index in [-0.39, 0.29) is 6.04 Å². The molecule has 2 aromatic rings. The normalized spacial score (nSPS) is 12.2. The van der Waals surface area contributed by atoms with Crippen LogP contribution in [0.3, 0.4) is 0 Å². The molecule has 1 heterocycles. The van der Waals surface area contributed by atoms with E-state index in [1.54, 1.807) is 13.4 Å². The largest absolute Gasteiger partial charge is 0.495 e. The van der Waals surface area contributed by atoms with Gasteiger partial charge in [-0.05, 0) is 37.6 Å². The topological polar surface area (TPSA) is 34.4 Å². The lowest BCUT2D eigenvalue weighted by Crippen LogP contribution is -2.18. The van der Waals surface area contributed by atoms with Gasteiger partial charge in [-0.15, -0.1) is 0 Å². The summed E-state index contributed by atoms with van der Waals surface area (Å²) in [7, 11) is 1.64. The highest BCUT2D eigenvalue weighted by molar-refractivity contribution is 6.31. The van der Waals surface area contributed by atoms with E-state index >= 15 is 0 Å². The highest BCUT2D eigenvalue weighted by atomic mass is 35.5. The monoisotopic (exact) mass is 279 g/mol. The van der Waals surface area contributed by atoms with Crippen molar-refractivity contribution in [1.82, 2.24) is 0 Å². The van der Waals surface area contributed by atoms with E-state index in [4.69, 9.17) is 20.8 Å². The number of aryl methyl sites for hydroxylation is 1. The van der Waals surface area contributed by atoms with Gasteiger partial charge in [0.05, 0.1) is 19.1 Å². The number of furan rings is 1. The van der Waals surface area contributed by atoms with Gasteiger partial charge in [-0.25, -0.2) is 0 Å². The van der Waals surface area contributed by atoms with Gasteiger partial charge in [0.1, 0.15) is 11.5 Å². The molecule has 0 bridgehead atoms. The van der Waals surface area contributed by atoms with E-state index < -0.39 is 0 Å². The van der Waals surface area contributed by atoms with E-state index in [9.17, 15) is 0 Å². The van der Waals surface area contributed by atoms with Crippen LogP contribution in [0.15, 0.2) is 34.9 Å². The fourth-order valence-corrected chi connectivity index (χ4v) is 2.15. The van der Waals surface area contributed by atoms with Crippen LogP contribution in [-0.4, -0.2) is 13.2 Å². The molecular weight excluding hydrogens is 262 g/mol. The lowest BCUT2D eigenvalue weighted by atomic mass is 10.1. The SMILES string of the molecule is COc1cc(Cl)c(C)cc1NC(C)Cc1ccco1. The number of hydrogen-bond acceptors (Lipinski definition) is 3. The zero-order chi connectivity index (χ0) is 13.8. The summed E-state index contributed by atoms with van der Waals surface area (Å²) in [6.45, 7) is 4.08. The molecule has 0 aliphatic carbocycles. The first-order valence-corrected chi connectivity index (χ1v) is 6.61. The maximum absolute atomic E-state index is 6.09. The minimum atomic E-state index is 0.237. The molecule has 0 aliphatic rings. The van der Waals surface area contributed by atoms with E-state index in [0.29, 0.717) is 5.02 Å². The lowest BCUT2D eigenvalue weighted by Gasteiger charge is -2.18. The molecule has 0 fully saturated rings. The van der Waals surface area contributed by atoms with Crippen LogP contribution in [0.25, 0.3) is 0 Å². The highest BCUT2D eigenvalue weighted by Crippen LogP contribution is 2.31. The number of methoxy groups -OCH3 is 1. The number of halogens is 1. The van der Waals surface area contributed by atoms with Gasteiger partial charge in [0, 0.05) is 23.6 Å². The first kappa shape index (κ1) is 13.8. The summed E-state index contributed by atoms with van der Waals surface area (Å²) >= 11 is 6.09. The van der Waals surface area contributed by atoms with Gasteiger partial charge >= 0.3 is 0 Å². The van der Waals surface area contributed by atoms with Crippen LogP contribution < -0.4 is 10.1 Å². The molecule has 1 N–H and O–H groups in total. The second-order valence-electron chi connectivity index (χ2n) is 4.63. The molecule has 0 aliphatic heterocycles. The standard InChI is InChI=1S/C15H18ClNO2/c1-10-7-14(15(18-3)9-13(10)16)17-11(2)8-12-5-4-6-19-12/h4-7,9,11,17H,8H2,1-3H3. The molecular formula is C15H18ClNO2. The Balaban J connectivity index is 2.11. The summed E-state index contributed by atoms with van der Waals surface area (Å²) in [4.78, 5) is 0. The summed E-state index contributed by atoms with van der Waals surface area (Å²) in [6.07, 6.45) is 2.51. The van der Waals surface area contributed by atoms with Crippen LogP contribution in [-0.2, 0) is 6.42 Å². The van der Waals surface area contributed by atoms with E-state index in [0.717, 1.165) is 29.2 Å². The third-order valence-corrected chi connectivity index (χ3v) is 3.38. The molecule has 0 saturated heterocycles. The molecule has 0 amide bonds. The number of rotatable bonds is 5. The van der Waals surface area contributed by atoms with Crippen molar-refractivity contribution in [3.63, 3.8) is 0 Å². The van der Waals surface area contributed by atoms with Crippen LogP contribution in [0.5, 0.6) is 5.75 Å². The Bertz CT molecular complexity index is 537. The van der Waals surface area contributed by atoms with Crippen molar-refractivity contribution in [1.29, 1.82) is 0 Å². The van der Waals surface area contributed by atoms with Crippen molar-refractivity contribution in [2.24, 2.45) is 0 Å². The number of ether oxygens (including phenoxy) is 1. The minimum absolute atomic E-state index is 0.237. The number of benzene rings is 1. The van der Waals surface area contributed by atoms with Crippen molar-refractivity contribution in [2.45, 2.75) is 26.3 Å². The Labute approximate surface area is 118 Å². The summed E-state index contributed by atoms with van der Waals surface area (Å²) in [5.74, 6) is 1.71. The summed E-state index contributed by atoms with van der Waals surface area (Å²) in [5, 5.41) is 4.13. The van der Waals surface area contributed by atoms with Gasteiger partial charge in [-0.3, -0.25) is 0 Å². The first-order valence-electron chi connectivity index (χ1n) is 6.23. The molecule has 2 rings (SSSR count). The quantitative estimate of drug-likeness (QED) is 0.886. The highest BCUT2D eigenvalue weighted by Gasteiger charge is 2.11. The van der Waals surface area contributed by atoms with E-state index in [2.05, 4.69) is 12.2 Å². The van der Waals surface area contributed by atoms with Crippen LogP contribution in [0, 0.1) is 6.92 Å². The predicted octanol–water partition coefficient (Wildman–Crippen LogP) is 4.29. The second kappa shape index (κ2) is 6.02. The molecule has 0 saturated carbocycles. The summed E-state index contributed by atoms with van der Waals surface area (Å²) in [5.41, 5.74) is 1.97. The van der Waals surface area contributed by atoms with Gasteiger partial charge < -0.3 is 14.5 Å². The van der Waals surface area contributed by atoms with Gasteiger partial charge in [0.25, 0.3) is 0 Å². The van der Waals surface area contributed by atoms with Gasteiger partial charge in [-0.2, -0.15) is 0 Å². The maximum Gasteiger partial charge on any atom is 0.143 e. The smallest absolute Gasteiger partial charge is 0.143 e. The first-order chi connectivity index (χ1) is 9.10. The van der Waals surface area contributed by atoms with Gasteiger partial charge in [0.2, 0.25) is 0 Å². The third kappa shape index (κ3) is 3.44. The number of anilines is 1. The average molecular weight is 280 g/mol. The zero-order valence-electron chi connectivity index (χ0n) is 11.4. The Hall–Kier alpha value is -1.61. The van der Waals surface area contributed by atoms with Crippen LogP contribution >= 0.6 is 11.6 Å². The fourth-order valence-electron chi connectivity index (χ4n) is 1.99. The Morgan fingerprint density at radius 1 is 1.42 bits per heavy atom. The molecule has 1 unspecified atom stereocenters. The van der Waals surface area contributed by atoms with Crippen molar-refractivity contribution < 1.29 is 9.15 Å². The molecule has 102 valence electrons. The van der Waals surface area contributed by atoms with Crippen LogP contribution in [0.2, 0.25) is 5.02 Å². The summed E-state index contributed by atoms with van der Waals surface area (Å²) < 4.78 is 10.7. The molecule has 3 nitrogen and oxygen atoms in total. The molecule has 1 atom stereocenters. The van der Waals surface area contributed by atoms with Crippen LogP contribution in [0.1, 0.15) is 18.2 Å². The van der Waals surface area contributed by atoms with E-state index in [1.165, 1.54) is 0 Å². The average Bonchev–Trinajstić information content (AvgIpc) is 2.86. The maximum atomic E-state index is 6.09. The van der Waals surface area contributed by atoms with Crippen molar-refractivity contribution in [2.75, 3.05) is 12.4 Å². The molecule has 1 aromatic heterocycles. The molecule has 19 heavy (non-hydrogen) atoms.